The van der Waals surface area contributed by atoms with E-state index >= 15 is 0 Å². The molecule has 1 aromatic carbocycles. The van der Waals surface area contributed by atoms with Gasteiger partial charge in [0.15, 0.2) is 0 Å². The number of fused-ring (bicyclic) bond motifs is 1. The van der Waals surface area contributed by atoms with E-state index in [1.54, 1.807) is 12.3 Å². The van der Waals surface area contributed by atoms with Gasteiger partial charge in [-0.25, -0.2) is 4.39 Å². The van der Waals surface area contributed by atoms with Crippen LogP contribution in [-0.4, -0.2) is 9.78 Å². The Morgan fingerprint density at radius 1 is 1.31 bits per heavy atom. The molecule has 0 amide bonds. The molecule has 0 radical (unpaired) electrons. The largest absolute Gasteiger partial charge is 0.268 e. The molecule has 0 saturated heterocycles. The van der Waals surface area contributed by atoms with Crippen LogP contribution in [0.1, 0.15) is 37.2 Å². The van der Waals surface area contributed by atoms with Gasteiger partial charge in [-0.05, 0) is 36.5 Å². The van der Waals surface area contributed by atoms with Gasteiger partial charge in [0.05, 0.1) is 11.7 Å². The number of nitrogens with zero attached hydrogens (tertiary/aromatic N) is 2. The van der Waals surface area contributed by atoms with Gasteiger partial charge >= 0.3 is 0 Å². The highest BCUT2D eigenvalue weighted by Gasteiger charge is 2.21. The topological polar surface area (TPSA) is 17.8 Å². The number of aryl methyl sites for hydroxylation is 1. The summed E-state index contributed by atoms with van der Waals surface area (Å²) in [6.07, 6.45) is 6.43. The van der Waals surface area contributed by atoms with Crippen LogP contribution in [0.5, 0.6) is 0 Å². The van der Waals surface area contributed by atoms with Crippen LogP contribution in [0.4, 0.5) is 4.39 Å². The maximum Gasteiger partial charge on any atom is 0.127 e. The minimum absolute atomic E-state index is 0.0626. The third kappa shape index (κ3) is 1.42. The van der Waals surface area contributed by atoms with Crippen molar-refractivity contribution in [2.24, 2.45) is 7.05 Å². The van der Waals surface area contributed by atoms with E-state index in [2.05, 4.69) is 5.10 Å². The normalized spacial score (nSPS) is 17.4. The molecule has 1 heterocycles. The van der Waals surface area contributed by atoms with Gasteiger partial charge in [0.25, 0.3) is 0 Å². The van der Waals surface area contributed by atoms with Crippen molar-refractivity contribution in [3.8, 4) is 0 Å². The van der Waals surface area contributed by atoms with Crippen LogP contribution in [0.2, 0.25) is 0 Å². The third-order valence-corrected chi connectivity index (χ3v) is 3.66. The molecule has 1 aromatic heterocycles. The van der Waals surface area contributed by atoms with Crippen molar-refractivity contribution in [2.45, 2.75) is 31.6 Å². The summed E-state index contributed by atoms with van der Waals surface area (Å²) < 4.78 is 15.8. The minimum Gasteiger partial charge on any atom is -0.268 e. The Bertz CT molecular complexity index is 524. The zero-order valence-corrected chi connectivity index (χ0v) is 9.41. The fourth-order valence-corrected chi connectivity index (χ4v) is 2.74. The van der Waals surface area contributed by atoms with E-state index in [-0.39, 0.29) is 5.82 Å². The van der Waals surface area contributed by atoms with E-state index in [9.17, 15) is 4.39 Å². The van der Waals surface area contributed by atoms with Gasteiger partial charge in [-0.15, -0.1) is 0 Å². The van der Waals surface area contributed by atoms with Crippen molar-refractivity contribution in [1.82, 2.24) is 9.78 Å². The molecular weight excluding hydrogens is 203 g/mol. The summed E-state index contributed by atoms with van der Waals surface area (Å²) in [4.78, 5) is 0. The summed E-state index contributed by atoms with van der Waals surface area (Å²) in [5, 5.41) is 5.05. The molecule has 84 valence electrons. The predicted octanol–water partition coefficient (Wildman–Crippen LogP) is 3.37. The van der Waals surface area contributed by atoms with E-state index in [1.165, 1.54) is 12.8 Å². The Hall–Kier alpha value is -1.38. The first kappa shape index (κ1) is 9.82. The maximum absolute atomic E-state index is 13.9. The zero-order valence-electron chi connectivity index (χ0n) is 9.41. The molecule has 2 aromatic rings. The number of rotatable bonds is 1. The lowest BCUT2D eigenvalue weighted by Crippen LogP contribution is -1.98. The number of hydrogen-bond acceptors (Lipinski definition) is 1. The van der Waals surface area contributed by atoms with Crippen LogP contribution in [-0.2, 0) is 7.05 Å². The molecule has 0 bridgehead atoms. The van der Waals surface area contributed by atoms with Crippen LogP contribution in [0.3, 0.4) is 0 Å². The Morgan fingerprint density at radius 3 is 2.81 bits per heavy atom. The van der Waals surface area contributed by atoms with Crippen LogP contribution in [0, 0.1) is 5.82 Å². The van der Waals surface area contributed by atoms with Gasteiger partial charge in [-0.3, -0.25) is 4.68 Å². The molecule has 1 aliphatic rings. The molecule has 1 saturated carbocycles. The highest BCUT2D eigenvalue weighted by atomic mass is 19.1. The van der Waals surface area contributed by atoms with Crippen LogP contribution < -0.4 is 0 Å². The first-order valence-corrected chi connectivity index (χ1v) is 5.87. The molecule has 1 fully saturated rings. The average Bonchev–Trinajstić information content (AvgIpc) is 2.88. The molecular formula is C13H15FN2. The average molecular weight is 218 g/mol. The summed E-state index contributed by atoms with van der Waals surface area (Å²) in [5.74, 6) is 0.353. The third-order valence-electron chi connectivity index (χ3n) is 3.66. The van der Waals surface area contributed by atoms with Crippen molar-refractivity contribution in [3.63, 3.8) is 0 Å². The quantitative estimate of drug-likeness (QED) is 0.717. The molecule has 0 atom stereocenters. The summed E-state index contributed by atoms with van der Waals surface area (Å²) >= 11 is 0. The molecule has 0 spiro atoms. The second-order valence-corrected chi connectivity index (χ2v) is 4.68. The van der Waals surface area contributed by atoms with Gasteiger partial charge in [0.1, 0.15) is 5.82 Å². The van der Waals surface area contributed by atoms with Crippen LogP contribution in [0.15, 0.2) is 18.3 Å². The second-order valence-electron chi connectivity index (χ2n) is 4.68. The molecule has 0 aliphatic heterocycles. The van der Waals surface area contributed by atoms with Crippen LogP contribution in [0.25, 0.3) is 10.9 Å². The Kier molecular flexibility index (Phi) is 2.20. The lowest BCUT2D eigenvalue weighted by molar-refractivity contribution is 0.582. The van der Waals surface area contributed by atoms with Gasteiger partial charge in [0.2, 0.25) is 0 Å². The van der Waals surface area contributed by atoms with E-state index in [4.69, 9.17) is 0 Å². The first-order chi connectivity index (χ1) is 7.75. The van der Waals surface area contributed by atoms with E-state index in [0.717, 1.165) is 29.3 Å². The Morgan fingerprint density at radius 2 is 2.06 bits per heavy atom. The Labute approximate surface area is 94.1 Å². The standard InChI is InChI=1S/C13H15FN2/c1-16-13-7-11(9-4-2-3-5-9)12(14)6-10(13)8-15-16/h6-9H,2-5H2,1H3. The number of aromatic nitrogens is 2. The molecule has 16 heavy (non-hydrogen) atoms. The van der Waals surface area contributed by atoms with Crippen molar-refractivity contribution in [3.05, 3.63) is 29.7 Å². The van der Waals surface area contributed by atoms with E-state index in [1.807, 2.05) is 17.8 Å². The maximum atomic E-state index is 13.9. The molecule has 0 N–H and O–H groups in total. The first-order valence-electron chi connectivity index (χ1n) is 5.87. The summed E-state index contributed by atoms with van der Waals surface area (Å²) in [6, 6.07) is 3.60. The SMILES string of the molecule is Cn1ncc2cc(F)c(C3CCCC3)cc21. The number of benzene rings is 1. The summed E-state index contributed by atoms with van der Waals surface area (Å²) in [6.45, 7) is 0. The monoisotopic (exact) mass is 218 g/mol. The van der Waals surface area contributed by atoms with Gasteiger partial charge in [0, 0.05) is 12.4 Å². The smallest absolute Gasteiger partial charge is 0.127 e. The van der Waals surface area contributed by atoms with Gasteiger partial charge in [-0.1, -0.05) is 12.8 Å². The summed E-state index contributed by atoms with van der Waals surface area (Å²) in [5.41, 5.74) is 1.91. The van der Waals surface area contributed by atoms with Crippen molar-refractivity contribution in [1.29, 1.82) is 0 Å². The Balaban J connectivity index is 2.15. The minimum atomic E-state index is -0.0626. The number of hydrogen-bond donors (Lipinski definition) is 0. The van der Waals surface area contributed by atoms with Crippen molar-refractivity contribution < 1.29 is 4.39 Å². The van der Waals surface area contributed by atoms with Crippen molar-refractivity contribution >= 4 is 10.9 Å². The fourth-order valence-electron chi connectivity index (χ4n) is 2.74. The predicted molar refractivity (Wildman–Crippen MR) is 61.9 cm³/mol. The van der Waals surface area contributed by atoms with Gasteiger partial charge < -0.3 is 0 Å². The van der Waals surface area contributed by atoms with Crippen molar-refractivity contribution in [2.75, 3.05) is 0 Å². The molecule has 1 aliphatic carbocycles. The van der Waals surface area contributed by atoms with Crippen LogP contribution >= 0.6 is 0 Å². The lowest BCUT2D eigenvalue weighted by Gasteiger charge is -2.11. The number of halogens is 1. The zero-order chi connectivity index (χ0) is 11.1. The molecule has 3 rings (SSSR count). The highest BCUT2D eigenvalue weighted by Crippen LogP contribution is 2.36. The fraction of sp³-hybridized carbons (Fsp3) is 0.462. The molecule has 3 heteroatoms. The highest BCUT2D eigenvalue weighted by molar-refractivity contribution is 5.79. The van der Waals surface area contributed by atoms with E-state index < -0.39 is 0 Å². The molecule has 0 unspecified atom stereocenters. The second kappa shape index (κ2) is 3.58. The lowest BCUT2D eigenvalue weighted by atomic mass is 9.96. The molecule has 2 nitrogen and oxygen atoms in total. The summed E-state index contributed by atoms with van der Waals surface area (Å²) in [7, 11) is 1.90. The van der Waals surface area contributed by atoms with E-state index in [0.29, 0.717) is 5.92 Å². The van der Waals surface area contributed by atoms with Gasteiger partial charge in [-0.2, -0.15) is 5.10 Å².